The van der Waals surface area contributed by atoms with Crippen LogP contribution in [0.25, 0.3) is 0 Å². The van der Waals surface area contributed by atoms with E-state index in [0.29, 0.717) is 11.7 Å². The van der Waals surface area contributed by atoms with E-state index in [1.165, 1.54) is 6.42 Å². The van der Waals surface area contributed by atoms with Gasteiger partial charge in [0.1, 0.15) is 5.75 Å². The van der Waals surface area contributed by atoms with Gasteiger partial charge < -0.3 is 14.8 Å². The topological polar surface area (TPSA) is 64.6 Å². The first-order valence-corrected chi connectivity index (χ1v) is 9.60. The van der Waals surface area contributed by atoms with Crippen molar-refractivity contribution in [2.75, 3.05) is 6.61 Å². The molecule has 5 heteroatoms. The lowest BCUT2D eigenvalue weighted by molar-refractivity contribution is -0.156. The fourth-order valence-electron chi connectivity index (χ4n) is 3.23. The van der Waals surface area contributed by atoms with Crippen molar-refractivity contribution in [2.24, 2.45) is 0 Å². The van der Waals surface area contributed by atoms with Gasteiger partial charge in [-0.15, -0.1) is 0 Å². The number of ether oxygens (including phenoxy) is 2. The highest BCUT2D eigenvalue weighted by Gasteiger charge is 2.22. The Morgan fingerprint density at radius 2 is 1.85 bits per heavy atom. The minimum atomic E-state index is -0.810. The maximum absolute atomic E-state index is 12.2. The monoisotopic (exact) mass is 361 g/mol. The Morgan fingerprint density at radius 1 is 1.15 bits per heavy atom. The normalized spacial score (nSPS) is 16.2. The van der Waals surface area contributed by atoms with E-state index in [9.17, 15) is 9.59 Å². The van der Waals surface area contributed by atoms with Crippen LogP contribution in [0.3, 0.4) is 0 Å². The van der Waals surface area contributed by atoms with Crippen LogP contribution in [0.4, 0.5) is 0 Å². The number of esters is 1. The SMILES string of the molecule is Cc1ccc(C(C)C)c(OCC(=O)OC(C)C(=O)NC2CCCCC2)c1. The predicted octanol–water partition coefficient (Wildman–Crippen LogP) is 3.88. The molecule has 1 N–H and O–H groups in total. The third kappa shape index (κ3) is 6.04. The Labute approximate surface area is 156 Å². The van der Waals surface area contributed by atoms with Crippen molar-refractivity contribution < 1.29 is 19.1 Å². The summed E-state index contributed by atoms with van der Waals surface area (Å²) in [5.74, 6) is 0.217. The molecule has 1 aromatic rings. The lowest BCUT2D eigenvalue weighted by Gasteiger charge is -2.24. The highest BCUT2D eigenvalue weighted by atomic mass is 16.6. The maximum Gasteiger partial charge on any atom is 0.344 e. The van der Waals surface area contributed by atoms with Crippen molar-refractivity contribution in [3.8, 4) is 5.75 Å². The van der Waals surface area contributed by atoms with Crippen molar-refractivity contribution in [2.45, 2.75) is 77.9 Å². The first-order valence-electron chi connectivity index (χ1n) is 9.60. The highest BCUT2D eigenvalue weighted by molar-refractivity contribution is 5.83. The molecule has 5 nitrogen and oxygen atoms in total. The molecule has 0 aromatic heterocycles. The largest absolute Gasteiger partial charge is 0.482 e. The van der Waals surface area contributed by atoms with Crippen LogP contribution in [0.2, 0.25) is 0 Å². The fourth-order valence-corrected chi connectivity index (χ4v) is 3.23. The summed E-state index contributed by atoms with van der Waals surface area (Å²) in [5, 5.41) is 2.97. The molecule has 0 radical (unpaired) electrons. The second kappa shape index (κ2) is 9.60. The van der Waals surface area contributed by atoms with E-state index < -0.39 is 12.1 Å². The number of hydrogen-bond donors (Lipinski definition) is 1. The van der Waals surface area contributed by atoms with Crippen molar-refractivity contribution in [1.29, 1.82) is 0 Å². The van der Waals surface area contributed by atoms with Gasteiger partial charge in [0.25, 0.3) is 5.91 Å². The van der Waals surface area contributed by atoms with E-state index in [0.717, 1.165) is 36.8 Å². The summed E-state index contributed by atoms with van der Waals surface area (Å²) >= 11 is 0. The summed E-state index contributed by atoms with van der Waals surface area (Å²) in [7, 11) is 0. The lowest BCUT2D eigenvalue weighted by Crippen LogP contribution is -2.43. The molecule has 1 saturated carbocycles. The zero-order valence-corrected chi connectivity index (χ0v) is 16.3. The second-order valence-corrected chi connectivity index (χ2v) is 7.46. The summed E-state index contributed by atoms with van der Waals surface area (Å²) in [6.07, 6.45) is 4.70. The zero-order chi connectivity index (χ0) is 19.1. The van der Waals surface area contributed by atoms with Crippen LogP contribution in [0, 0.1) is 6.92 Å². The van der Waals surface area contributed by atoms with Crippen LogP contribution in [0.15, 0.2) is 18.2 Å². The van der Waals surface area contributed by atoms with Gasteiger partial charge in [-0.2, -0.15) is 0 Å². The second-order valence-electron chi connectivity index (χ2n) is 7.46. The number of hydrogen-bond acceptors (Lipinski definition) is 4. The van der Waals surface area contributed by atoms with Crippen LogP contribution in [-0.2, 0) is 14.3 Å². The van der Waals surface area contributed by atoms with Crippen molar-refractivity contribution in [3.63, 3.8) is 0 Å². The summed E-state index contributed by atoms with van der Waals surface area (Å²) in [4.78, 5) is 24.2. The molecule has 26 heavy (non-hydrogen) atoms. The summed E-state index contributed by atoms with van der Waals surface area (Å²) in [5.41, 5.74) is 2.12. The Kier molecular flexibility index (Phi) is 7.49. The zero-order valence-electron chi connectivity index (χ0n) is 16.3. The number of carbonyl (C=O) groups is 2. The van der Waals surface area contributed by atoms with Crippen LogP contribution >= 0.6 is 0 Å². The Hall–Kier alpha value is -2.04. The summed E-state index contributed by atoms with van der Waals surface area (Å²) in [6.45, 7) is 7.53. The van der Waals surface area contributed by atoms with Gasteiger partial charge in [-0.1, -0.05) is 45.2 Å². The number of nitrogens with one attached hydrogen (secondary N) is 1. The van der Waals surface area contributed by atoms with Gasteiger partial charge in [0.15, 0.2) is 12.7 Å². The Balaban J connectivity index is 1.82. The number of amides is 1. The fraction of sp³-hybridized carbons (Fsp3) is 0.619. The number of rotatable bonds is 7. The number of benzene rings is 1. The quantitative estimate of drug-likeness (QED) is 0.749. The standard InChI is InChI=1S/C21H31NO4/c1-14(2)18-11-10-15(3)12-19(18)25-13-20(23)26-16(4)21(24)22-17-8-6-5-7-9-17/h10-12,14,16-17H,5-9,13H2,1-4H3,(H,22,24). The van der Waals surface area contributed by atoms with Crippen LogP contribution in [0.1, 0.15) is 69.9 Å². The van der Waals surface area contributed by atoms with E-state index in [2.05, 4.69) is 19.2 Å². The van der Waals surface area contributed by atoms with Crippen LogP contribution < -0.4 is 10.1 Å². The van der Waals surface area contributed by atoms with E-state index >= 15 is 0 Å². The molecule has 0 heterocycles. The van der Waals surface area contributed by atoms with Crippen molar-refractivity contribution in [1.82, 2.24) is 5.32 Å². The average molecular weight is 361 g/mol. The van der Waals surface area contributed by atoms with Gasteiger partial charge in [0.05, 0.1) is 0 Å². The summed E-state index contributed by atoms with van der Waals surface area (Å²) < 4.78 is 10.9. The van der Waals surface area contributed by atoms with Gasteiger partial charge in [-0.3, -0.25) is 4.79 Å². The first-order chi connectivity index (χ1) is 12.4. The minimum absolute atomic E-state index is 0.203. The maximum atomic E-state index is 12.2. The average Bonchev–Trinajstić information content (AvgIpc) is 2.60. The molecule has 1 aromatic carbocycles. The molecule has 1 aliphatic carbocycles. The number of carbonyl (C=O) groups excluding carboxylic acids is 2. The predicted molar refractivity (Wildman–Crippen MR) is 101 cm³/mol. The molecule has 0 saturated heterocycles. The minimum Gasteiger partial charge on any atom is -0.482 e. The third-order valence-corrected chi connectivity index (χ3v) is 4.77. The Morgan fingerprint density at radius 3 is 2.50 bits per heavy atom. The van der Waals surface area contributed by atoms with Gasteiger partial charge in [0.2, 0.25) is 0 Å². The van der Waals surface area contributed by atoms with Gasteiger partial charge in [-0.25, -0.2) is 4.79 Å². The van der Waals surface area contributed by atoms with Crippen LogP contribution in [-0.4, -0.2) is 30.6 Å². The van der Waals surface area contributed by atoms with Gasteiger partial charge >= 0.3 is 5.97 Å². The highest BCUT2D eigenvalue weighted by Crippen LogP contribution is 2.27. The van der Waals surface area contributed by atoms with E-state index in [1.807, 2.05) is 25.1 Å². The molecule has 1 aliphatic rings. The van der Waals surface area contributed by atoms with Gasteiger partial charge in [-0.05, 0) is 49.8 Å². The van der Waals surface area contributed by atoms with Crippen molar-refractivity contribution in [3.05, 3.63) is 29.3 Å². The molecule has 0 spiro atoms. The first kappa shape index (κ1) is 20.3. The molecule has 0 aliphatic heterocycles. The molecular formula is C21H31NO4. The molecule has 2 rings (SSSR count). The molecule has 144 valence electrons. The lowest BCUT2D eigenvalue weighted by atomic mass is 9.95. The van der Waals surface area contributed by atoms with E-state index in [4.69, 9.17) is 9.47 Å². The smallest absolute Gasteiger partial charge is 0.344 e. The van der Waals surface area contributed by atoms with Crippen molar-refractivity contribution >= 4 is 11.9 Å². The molecule has 0 bridgehead atoms. The van der Waals surface area contributed by atoms with E-state index in [1.54, 1.807) is 6.92 Å². The van der Waals surface area contributed by atoms with Crippen LogP contribution in [0.5, 0.6) is 5.75 Å². The molecule has 1 unspecified atom stereocenters. The summed E-state index contributed by atoms with van der Waals surface area (Å²) in [6, 6.07) is 6.16. The molecule has 1 fully saturated rings. The third-order valence-electron chi connectivity index (χ3n) is 4.77. The molecule has 1 amide bonds. The molecule has 1 atom stereocenters. The van der Waals surface area contributed by atoms with E-state index in [-0.39, 0.29) is 18.6 Å². The molecular weight excluding hydrogens is 330 g/mol. The number of aryl methyl sites for hydroxylation is 1. The van der Waals surface area contributed by atoms with Gasteiger partial charge in [0, 0.05) is 6.04 Å². The Bertz CT molecular complexity index is 620.